The summed E-state index contributed by atoms with van der Waals surface area (Å²) < 4.78 is 13.4. The first kappa shape index (κ1) is 14.8. The van der Waals surface area contributed by atoms with Crippen molar-refractivity contribution in [1.82, 2.24) is 0 Å². The number of rotatable bonds is 5. The van der Waals surface area contributed by atoms with E-state index >= 15 is 0 Å². The molecule has 110 valence electrons. The Labute approximate surface area is 118 Å². The van der Waals surface area contributed by atoms with Crippen LogP contribution >= 0.6 is 0 Å². The Kier molecular flexibility index (Phi) is 4.60. The van der Waals surface area contributed by atoms with Gasteiger partial charge in [-0.3, -0.25) is 4.79 Å². The maximum Gasteiger partial charge on any atom is 0.236 e. The molecule has 3 N–H and O–H groups in total. The van der Waals surface area contributed by atoms with Gasteiger partial charge in [0.05, 0.1) is 12.6 Å². The van der Waals surface area contributed by atoms with Crippen molar-refractivity contribution in [3.63, 3.8) is 0 Å². The SMILES string of the molecule is CC(O)c1cc(F)ccc1N(CC(N)=O)C1CCCC1. The topological polar surface area (TPSA) is 66.6 Å². The van der Waals surface area contributed by atoms with Crippen LogP contribution in [0.25, 0.3) is 0 Å². The monoisotopic (exact) mass is 280 g/mol. The van der Waals surface area contributed by atoms with E-state index in [1.165, 1.54) is 12.1 Å². The Hall–Kier alpha value is -1.62. The largest absolute Gasteiger partial charge is 0.389 e. The number of carbonyl (C=O) groups is 1. The minimum absolute atomic E-state index is 0.0933. The maximum absolute atomic E-state index is 13.4. The van der Waals surface area contributed by atoms with Gasteiger partial charge in [0.25, 0.3) is 0 Å². The zero-order valence-electron chi connectivity index (χ0n) is 11.7. The Morgan fingerprint density at radius 1 is 1.50 bits per heavy atom. The Bertz CT molecular complexity index is 485. The fraction of sp³-hybridized carbons (Fsp3) is 0.533. The molecule has 1 unspecified atom stereocenters. The minimum atomic E-state index is -0.794. The lowest BCUT2D eigenvalue weighted by molar-refractivity contribution is -0.116. The highest BCUT2D eigenvalue weighted by Gasteiger charge is 2.26. The molecule has 20 heavy (non-hydrogen) atoms. The summed E-state index contributed by atoms with van der Waals surface area (Å²) in [5.41, 5.74) is 6.54. The quantitative estimate of drug-likeness (QED) is 0.868. The van der Waals surface area contributed by atoms with Crippen LogP contribution in [-0.4, -0.2) is 23.6 Å². The molecule has 0 heterocycles. The van der Waals surface area contributed by atoms with E-state index in [0.717, 1.165) is 25.7 Å². The molecule has 2 rings (SSSR count). The predicted molar refractivity (Wildman–Crippen MR) is 75.8 cm³/mol. The zero-order chi connectivity index (χ0) is 14.7. The number of anilines is 1. The smallest absolute Gasteiger partial charge is 0.236 e. The van der Waals surface area contributed by atoms with Gasteiger partial charge in [0.15, 0.2) is 0 Å². The van der Waals surface area contributed by atoms with E-state index in [0.29, 0.717) is 11.3 Å². The molecule has 1 aliphatic rings. The van der Waals surface area contributed by atoms with Gasteiger partial charge in [-0.25, -0.2) is 4.39 Å². The van der Waals surface area contributed by atoms with Gasteiger partial charge in [-0.1, -0.05) is 12.8 Å². The number of aliphatic hydroxyl groups excluding tert-OH is 1. The first-order chi connectivity index (χ1) is 9.49. The molecule has 0 bridgehead atoms. The van der Waals surface area contributed by atoms with E-state index in [2.05, 4.69) is 0 Å². The highest BCUT2D eigenvalue weighted by atomic mass is 19.1. The first-order valence-corrected chi connectivity index (χ1v) is 7.01. The van der Waals surface area contributed by atoms with Crippen LogP contribution in [0.15, 0.2) is 18.2 Å². The number of carbonyl (C=O) groups excluding carboxylic acids is 1. The highest BCUT2D eigenvalue weighted by Crippen LogP contribution is 2.33. The number of amides is 1. The van der Waals surface area contributed by atoms with Crippen molar-refractivity contribution in [2.24, 2.45) is 5.73 Å². The fourth-order valence-corrected chi connectivity index (χ4v) is 2.92. The van der Waals surface area contributed by atoms with Gasteiger partial charge in [-0.05, 0) is 38.0 Å². The average molecular weight is 280 g/mol. The number of benzene rings is 1. The molecule has 0 radical (unpaired) electrons. The lowest BCUT2D eigenvalue weighted by Gasteiger charge is -2.32. The van der Waals surface area contributed by atoms with Crippen molar-refractivity contribution in [2.75, 3.05) is 11.4 Å². The number of halogens is 1. The zero-order valence-corrected chi connectivity index (χ0v) is 11.7. The van der Waals surface area contributed by atoms with Crippen molar-refractivity contribution in [1.29, 1.82) is 0 Å². The maximum atomic E-state index is 13.4. The predicted octanol–water partition coefficient (Wildman–Crippen LogP) is 2.11. The van der Waals surface area contributed by atoms with E-state index in [4.69, 9.17) is 5.73 Å². The molecule has 1 fully saturated rings. The third-order valence-electron chi connectivity index (χ3n) is 3.84. The number of nitrogens with zero attached hydrogens (tertiary/aromatic N) is 1. The van der Waals surface area contributed by atoms with Crippen molar-refractivity contribution in [3.8, 4) is 0 Å². The Morgan fingerprint density at radius 3 is 2.70 bits per heavy atom. The second-order valence-corrected chi connectivity index (χ2v) is 5.41. The number of nitrogens with two attached hydrogens (primary N) is 1. The summed E-state index contributed by atoms with van der Waals surface area (Å²) in [5, 5.41) is 9.85. The molecule has 1 aromatic rings. The second-order valence-electron chi connectivity index (χ2n) is 5.41. The molecule has 0 aliphatic heterocycles. The van der Waals surface area contributed by atoms with Gasteiger partial charge >= 0.3 is 0 Å². The van der Waals surface area contributed by atoms with Gasteiger partial charge in [0.1, 0.15) is 5.82 Å². The van der Waals surface area contributed by atoms with Gasteiger partial charge < -0.3 is 15.7 Å². The highest BCUT2D eigenvalue weighted by molar-refractivity contribution is 5.80. The normalized spacial score (nSPS) is 17.1. The van der Waals surface area contributed by atoms with Gasteiger partial charge in [0.2, 0.25) is 5.91 Å². The third-order valence-corrected chi connectivity index (χ3v) is 3.84. The standard InChI is InChI=1S/C15H21FN2O2/c1-10(19)13-8-11(16)6-7-14(13)18(9-15(17)20)12-4-2-3-5-12/h6-8,10,12,19H,2-5,9H2,1H3,(H2,17,20). The van der Waals surface area contributed by atoms with E-state index < -0.39 is 17.8 Å². The summed E-state index contributed by atoms with van der Waals surface area (Å²) in [6.45, 7) is 1.69. The molecule has 1 aliphatic carbocycles. The van der Waals surface area contributed by atoms with Crippen LogP contribution in [0.4, 0.5) is 10.1 Å². The molecular formula is C15H21FN2O2. The van der Waals surface area contributed by atoms with E-state index in [1.807, 2.05) is 4.90 Å². The lowest BCUT2D eigenvalue weighted by Crippen LogP contribution is -2.40. The molecule has 5 heteroatoms. The lowest BCUT2D eigenvalue weighted by atomic mass is 10.0. The minimum Gasteiger partial charge on any atom is -0.389 e. The number of aliphatic hydroxyl groups is 1. The Balaban J connectivity index is 2.39. The van der Waals surface area contributed by atoms with Crippen LogP contribution in [0.1, 0.15) is 44.3 Å². The second kappa shape index (κ2) is 6.22. The van der Waals surface area contributed by atoms with E-state index in [1.54, 1.807) is 13.0 Å². The number of primary amides is 1. The third kappa shape index (κ3) is 3.28. The van der Waals surface area contributed by atoms with Gasteiger partial charge in [0, 0.05) is 17.3 Å². The molecule has 0 aromatic heterocycles. The van der Waals surface area contributed by atoms with Crippen LogP contribution in [-0.2, 0) is 4.79 Å². The summed E-state index contributed by atoms with van der Waals surface area (Å²) in [5.74, 6) is -0.812. The molecule has 0 saturated heterocycles. The summed E-state index contributed by atoms with van der Waals surface area (Å²) in [6.07, 6.45) is 3.42. The van der Waals surface area contributed by atoms with Crippen molar-refractivity contribution in [3.05, 3.63) is 29.6 Å². The summed E-state index contributed by atoms with van der Waals surface area (Å²) >= 11 is 0. The molecule has 1 aromatic carbocycles. The van der Waals surface area contributed by atoms with Crippen LogP contribution in [0, 0.1) is 5.82 Å². The molecular weight excluding hydrogens is 259 g/mol. The Morgan fingerprint density at radius 2 is 2.15 bits per heavy atom. The van der Waals surface area contributed by atoms with Gasteiger partial charge in [-0.15, -0.1) is 0 Å². The number of hydrogen-bond acceptors (Lipinski definition) is 3. The molecule has 0 spiro atoms. The fourth-order valence-electron chi connectivity index (χ4n) is 2.92. The van der Waals surface area contributed by atoms with E-state index in [-0.39, 0.29) is 12.6 Å². The van der Waals surface area contributed by atoms with Crippen LogP contribution in [0.5, 0.6) is 0 Å². The summed E-state index contributed by atoms with van der Waals surface area (Å²) in [6, 6.07) is 4.52. The van der Waals surface area contributed by atoms with Crippen molar-refractivity contribution < 1.29 is 14.3 Å². The molecule has 1 saturated carbocycles. The molecule has 1 atom stereocenters. The van der Waals surface area contributed by atoms with Crippen molar-refractivity contribution in [2.45, 2.75) is 44.8 Å². The molecule has 4 nitrogen and oxygen atoms in total. The summed E-state index contributed by atoms with van der Waals surface area (Å²) in [4.78, 5) is 13.2. The number of hydrogen-bond donors (Lipinski definition) is 2. The van der Waals surface area contributed by atoms with Crippen LogP contribution in [0.2, 0.25) is 0 Å². The van der Waals surface area contributed by atoms with Crippen molar-refractivity contribution >= 4 is 11.6 Å². The average Bonchev–Trinajstić information content (AvgIpc) is 2.89. The molecule has 1 amide bonds. The summed E-state index contributed by atoms with van der Waals surface area (Å²) in [7, 11) is 0. The van der Waals surface area contributed by atoms with E-state index in [9.17, 15) is 14.3 Å². The van der Waals surface area contributed by atoms with Crippen LogP contribution < -0.4 is 10.6 Å². The first-order valence-electron chi connectivity index (χ1n) is 7.01. The van der Waals surface area contributed by atoms with Gasteiger partial charge in [-0.2, -0.15) is 0 Å². The van der Waals surface area contributed by atoms with Crippen LogP contribution in [0.3, 0.4) is 0 Å².